The number of furan rings is 1. The quantitative estimate of drug-likeness (QED) is 0.574. The Morgan fingerprint density at radius 2 is 2.26 bits per heavy atom. The molecule has 4 nitrogen and oxygen atoms in total. The fourth-order valence-electron chi connectivity index (χ4n) is 2.65. The molecule has 0 saturated carbocycles. The van der Waals surface area contributed by atoms with E-state index in [4.69, 9.17) is 9.15 Å². The molecule has 4 heteroatoms. The van der Waals surface area contributed by atoms with E-state index < -0.39 is 6.10 Å². The maximum absolute atomic E-state index is 11.8. The summed E-state index contributed by atoms with van der Waals surface area (Å²) in [6, 6.07) is 0. The van der Waals surface area contributed by atoms with E-state index >= 15 is 0 Å². The lowest BCUT2D eigenvalue weighted by Gasteiger charge is -2.15. The lowest BCUT2D eigenvalue weighted by atomic mass is 9.94. The summed E-state index contributed by atoms with van der Waals surface area (Å²) in [6.45, 7) is 5.84. The van der Waals surface area contributed by atoms with Crippen LogP contribution in [-0.2, 0) is 16.0 Å². The predicted octanol–water partition coefficient (Wildman–Crippen LogP) is 2.37. The molecule has 0 spiro atoms. The zero-order chi connectivity index (χ0) is 13.6. The van der Waals surface area contributed by atoms with Gasteiger partial charge in [0, 0.05) is 17.6 Å². The molecule has 0 unspecified atom stereocenters. The molecular weight excluding hydrogens is 244 g/mol. The molecule has 0 amide bonds. The van der Waals surface area contributed by atoms with Gasteiger partial charge in [-0.05, 0) is 37.0 Å². The second kappa shape index (κ2) is 4.38. The van der Waals surface area contributed by atoms with Crippen LogP contribution in [0.25, 0.3) is 0 Å². The first kappa shape index (κ1) is 12.2. The number of aryl methyl sites for hydroxylation is 1. The fraction of sp³-hybridized carbons (Fsp3) is 0.400. The highest BCUT2D eigenvalue weighted by molar-refractivity contribution is 5.91. The minimum atomic E-state index is -0.621. The number of aliphatic hydroxyl groups excluding tert-OH is 1. The summed E-state index contributed by atoms with van der Waals surface area (Å²) in [5.74, 6) is 0.426. The van der Waals surface area contributed by atoms with E-state index in [-0.39, 0.29) is 12.1 Å². The number of hydrogen-bond donors (Lipinski definition) is 1. The van der Waals surface area contributed by atoms with Crippen LogP contribution in [0.15, 0.2) is 34.5 Å². The lowest BCUT2D eigenvalue weighted by Crippen LogP contribution is -2.13. The number of esters is 1. The molecule has 2 bridgehead atoms. The van der Waals surface area contributed by atoms with Crippen molar-refractivity contribution in [3.05, 3.63) is 47.0 Å². The van der Waals surface area contributed by atoms with E-state index in [2.05, 4.69) is 6.58 Å². The van der Waals surface area contributed by atoms with E-state index in [1.54, 1.807) is 6.26 Å². The Bertz CT molecular complexity index is 579. The Morgan fingerprint density at radius 3 is 3.05 bits per heavy atom. The molecule has 1 aromatic heterocycles. The molecule has 1 aromatic rings. The second-order valence-electron chi connectivity index (χ2n) is 5.16. The number of hydrogen-bond acceptors (Lipinski definition) is 4. The van der Waals surface area contributed by atoms with Crippen LogP contribution in [0.1, 0.15) is 35.8 Å². The Hall–Kier alpha value is -1.81. The second-order valence-corrected chi connectivity index (χ2v) is 5.16. The number of carbonyl (C=O) groups is 1. The van der Waals surface area contributed by atoms with Gasteiger partial charge >= 0.3 is 5.97 Å². The molecular formula is C15H16O4. The summed E-state index contributed by atoms with van der Waals surface area (Å²) in [7, 11) is 0. The third-order valence-electron chi connectivity index (χ3n) is 3.78. The Balaban J connectivity index is 2.07. The van der Waals surface area contributed by atoms with Crippen LogP contribution in [0.5, 0.6) is 0 Å². The van der Waals surface area contributed by atoms with Crippen molar-refractivity contribution in [3.63, 3.8) is 0 Å². The van der Waals surface area contributed by atoms with Crippen molar-refractivity contribution in [3.8, 4) is 0 Å². The van der Waals surface area contributed by atoms with Gasteiger partial charge in [0.25, 0.3) is 0 Å². The molecule has 3 rings (SSSR count). The van der Waals surface area contributed by atoms with Gasteiger partial charge in [0.2, 0.25) is 0 Å². The molecule has 2 atom stereocenters. The van der Waals surface area contributed by atoms with E-state index in [0.29, 0.717) is 30.4 Å². The van der Waals surface area contributed by atoms with E-state index in [9.17, 15) is 9.90 Å². The fourth-order valence-corrected chi connectivity index (χ4v) is 2.65. The highest BCUT2D eigenvalue weighted by atomic mass is 16.5. The van der Waals surface area contributed by atoms with Crippen LogP contribution in [0.4, 0.5) is 0 Å². The summed E-state index contributed by atoms with van der Waals surface area (Å²) in [4.78, 5) is 11.8. The van der Waals surface area contributed by atoms with Crippen molar-refractivity contribution < 1.29 is 19.1 Å². The van der Waals surface area contributed by atoms with Crippen molar-refractivity contribution in [2.24, 2.45) is 0 Å². The summed E-state index contributed by atoms with van der Waals surface area (Å²) < 4.78 is 10.9. The normalized spacial score (nSPS) is 26.7. The Labute approximate surface area is 111 Å². The molecule has 0 saturated heterocycles. The van der Waals surface area contributed by atoms with Gasteiger partial charge in [0.1, 0.15) is 11.9 Å². The molecule has 1 aliphatic heterocycles. The van der Waals surface area contributed by atoms with Gasteiger partial charge < -0.3 is 14.3 Å². The SMILES string of the molecule is C=C1Cc2occ(C)c2[C@H]2C=C(CC[C@H]1O)C(=O)O2. The van der Waals surface area contributed by atoms with Crippen molar-refractivity contribution in [2.45, 2.75) is 38.4 Å². The maximum atomic E-state index is 11.8. The van der Waals surface area contributed by atoms with Crippen molar-refractivity contribution >= 4 is 5.97 Å². The molecule has 1 N–H and O–H groups in total. The highest BCUT2D eigenvalue weighted by Gasteiger charge is 2.32. The van der Waals surface area contributed by atoms with Gasteiger partial charge in [-0.25, -0.2) is 4.79 Å². The van der Waals surface area contributed by atoms with E-state index in [1.165, 1.54) is 0 Å². The maximum Gasteiger partial charge on any atom is 0.334 e. The average Bonchev–Trinajstić information content (AvgIpc) is 2.89. The van der Waals surface area contributed by atoms with Crippen LogP contribution in [0.2, 0.25) is 0 Å². The summed E-state index contributed by atoms with van der Waals surface area (Å²) in [5, 5.41) is 10.0. The Kier molecular flexibility index (Phi) is 2.82. The first-order valence-corrected chi connectivity index (χ1v) is 6.40. The third-order valence-corrected chi connectivity index (χ3v) is 3.78. The van der Waals surface area contributed by atoms with Crippen LogP contribution < -0.4 is 0 Å². The van der Waals surface area contributed by atoms with Gasteiger partial charge in [0.15, 0.2) is 0 Å². The molecule has 1 aliphatic carbocycles. The third kappa shape index (κ3) is 2.02. The summed E-state index contributed by atoms with van der Waals surface area (Å²) in [6.07, 6.45) is 3.99. The number of ether oxygens (including phenoxy) is 1. The van der Waals surface area contributed by atoms with E-state index in [1.807, 2.05) is 13.0 Å². The smallest absolute Gasteiger partial charge is 0.334 e. The molecule has 0 fully saturated rings. The van der Waals surface area contributed by atoms with E-state index in [0.717, 1.165) is 16.9 Å². The van der Waals surface area contributed by atoms with Gasteiger partial charge in [-0.3, -0.25) is 0 Å². The van der Waals surface area contributed by atoms with Crippen molar-refractivity contribution in [1.29, 1.82) is 0 Å². The zero-order valence-corrected chi connectivity index (χ0v) is 10.8. The first-order valence-electron chi connectivity index (χ1n) is 6.40. The molecule has 2 heterocycles. The average molecular weight is 260 g/mol. The number of carbonyl (C=O) groups excluding carboxylic acids is 1. The lowest BCUT2D eigenvalue weighted by molar-refractivity contribution is -0.140. The number of rotatable bonds is 0. The standard InChI is InChI=1S/C15H16O4/c1-8-5-12-14(9(2)7-18-12)13-6-10(15(17)19-13)3-4-11(8)16/h6-7,11,13,16H,1,3-5H2,2H3/t11-,13-/m1/s1. The van der Waals surface area contributed by atoms with Gasteiger partial charge in [-0.1, -0.05) is 6.58 Å². The minimum absolute atomic E-state index is 0.295. The zero-order valence-electron chi connectivity index (χ0n) is 10.8. The largest absolute Gasteiger partial charge is 0.468 e. The predicted molar refractivity (Wildman–Crippen MR) is 68.4 cm³/mol. The molecule has 2 aliphatic rings. The van der Waals surface area contributed by atoms with Crippen LogP contribution >= 0.6 is 0 Å². The highest BCUT2D eigenvalue weighted by Crippen LogP contribution is 2.37. The van der Waals surface area contributed by atoms with Gasteiger partial charge in [0.05, 0.1) is 12.4 Å². The molecule has 0 radical (unpaired) electrons. The summed E-state index contributed by atoms with van der Waals surface area (Å²) in [5.41, 5.74) is 3.18. The molecule has 19 heavy (non-hydrogen) atoms. The van der Waals surface area contributed by atoms with Gasteiger partial charge in [-0.2, -0.15) is 0 Å². The Morgan fingerprint density at radius 1 is 1.47 bits per heavy atom. The van der Waals surface area contributed by atoms with Crippen LogP contribution in [0.3, 0.4) is 0 Å². The molecule has 100 valence electrons. The van der Waals surface area contributed by atoms with Crippen molar-refractivity contribution in [1.82, 2.24) is 0 Å². The first-order chi connectivity index (χ1) is 9.06. The number of fused-ring (bicyclic) bond motifs is 3. The topological polar surface area (TPSA) is 59.7 Å². The van der Waals surface area contributed by atoms with Gasteiger partial charge in [-0.15, -0.1) is 0 Å². The number of aliphatic hydroxyl groups is 1. The van der Waals surface area contributed by atoms with Crippen molar-refractivity contribution in [2.75, 3.05) is 0 Å². The van der Waals surface area contributed by atoms with Crippen LogP contribution in [0, 0.1) is 6.92 Å². The summed E-state index contributed by atoms with van der Waals surface area (Å²) >= 11 is 0. The van der Waals surface area contributed by atoms with Crippen LogP contribution in [-0.4, -0.2) is 17.2 Å². The minimum Gasteiger partial charge on any atom is -0.468 e. The monoisotopic (exact) mass is 260 g/mol. The molecule has 0 aromatic carbocycles.